The van der Waals surface area contributed by atoms with Gasteiger partial charge in [0.2, 0.25) is 0 Å². The lowest BCUT2D eigenvalue weighted by Crippen LogP contribution is -2.22. The van der Waals surface area contributed by atoms with Gasteiger partial charge in [-0.3, -0.25) is 0 Å². The summed E-state index contributed by atoms with van der Waals surface area (Å²) in [6.07, 6.45) is -8.71. The van der Waals surface area contributed by atoms with Crippen LogP contribution >= 0.6 is 0 Å². The molecule has 2 aromatic rings. The van der Waals surface area contributed by atoms with Crippen molar-refractivity contribution in [2.45, 2.75) is 23.3 Å². The summed E-state index contributed by atoms with van der Waals surface area (Å²) in [5, 5.41) is 10.1. The second kappa shape index (κ2) is 6.00. The number of nitrogens with zero attached hydrogens (tertiary/aromatic N) is 1. The Hall–Kier alpha value is -2.57. The molecule has 2 aromatic carbocycles. The van der Waals surface area contributed by atoms with Crippen LogP contribution in [0.4, 0.5) is 18.9 Å². The summed E-state index contributed by atoms with van der Waals surface area (Å²) in [6.45, 7) is 6.92. The Balaban J connectivity index is 2.25. The standard InChI is InChI=1S/C17H12F3NO4S/c1-21-10-5-9(18)6-11(7-10)25-13-3-4-14(26(2,23)24)15-12(13)8-17(19,20)16(15)22/h3-7,16,22H,8H2,2H3/t16-/m0/s1/i2D3,16D. The molecule has 0 aliphatic heterocycles. The lowest BCUT2D eigenvalue weighted by atomic mass is 10.1. The van der Waals surface area contributed by atoms with Gasteiger partial charge in [-0.15, -0.1) is 0 Å². The van der Waals surface area contributed by atoms with Gasteiger partial charge in [-0.05, 0) is 24.3 Å². The van der Waals surface area contributed by atoms with Crippen LogP contribution in [0.3, 0.4) is 0 Å². The normalized spacial score (nSPS) is 23.8. The number of sulfone groups is 1. The van der Waals surface area contributed by atoms with Crippen LogP contribution < -0.4 is 4.74 Å². The lowest BCUT2D eigenvalue weighted by molar-refractivity contribution is -0.0976. The zero-order chi connectivity index (χ0) is 22.7. The number of ether oxygens (including phenoxy) is 1. The van der Waals surface area contributed by atoms with Crippen LogP contribution in [0.1, 0.15) is 22.7 Å². The van der Waals surface area contributed by atoms with E-state index in [0.29, 0.717) is 6.07 Å². The van der Waals surface area contributed by atoms with Gasteiger partial charge in [-0.1, -0.05) is 0 Å². The van der Waals surface area contributed by atoms with E-state index in [1.165, 1.54) is 0 Å². The maximum Gasteiger partial charge on any atom is 0.281 e. The number of rotatable bonds is 3. The molecular weight excluding hydrogens is 371 g/mol. The summed E-state index contributed by atoms with van der Waals surface area (Å²) in [7, 11) is -5.20. The Bertz CT molecular complexity index is 1190. The highest BCUT2D eigenvalue weighted by Crippen LogP contribution is 2.49. The Labute approximate surface area is 153 Å². The number of fused-ring (bicyclic) bond motifs is 1. The van der Waals surface area contributed by atoms with Crippen LogP contribution in [0.15, 0.2) is 35.2 Å². The van der Waals surface area contributed by atoms with E-state index in [-0.39, 0.29) is 11.4 Å². The highest BCUT2D eigenvalue weighted by atomic mass is 32.2. The smallest absolute Gasteiger partial charge is 0.281 e. The molecule has 0 fully saturated rings. The summed E-state index contributed by atoms with van der Waals surface area (Å²) in [4.78, 5) is 1.87. The fraction of sp³-hybridized carbons (Fsp3) is 0.235. The van der Waals surface area contributed by atoms with Gasteiger partial charge in [-0.2, -0.15) is 0 Å². The zero-order valence-corrected chi connectivity index (χ0v) is 13.6. The first-order valence-corrected chi connectivity index (χ1v) is 8.47. The average Bonchev–Trinajstić information content (AvgIpc) is 2.79. The molecule has 1 N–H and O–H groups in total. The summed E-state index contributed by atoms with van der Waals surface area (Å²) < 4.78 is 102. The van der Waals surface area contributed by atoms with Crippen molar-refractivity contribution in [3.63, 3.8) is 0 Å². The predicted octanol–water partition coefficient (Wildman–Crippen LogP) is 3.80. The monoisotopic (exact) mass is 387 g/mol. The molecule has 0 unspecified atom stereocenters. The Morgan fingerprint density at radius 3 is 2.81 bits per heavy atom. The molecule has 3 rings (SSSR count). The number of halogens is 3. The second-order valence-electron chi connectivity index (χ2n) is 5.51. The van der Waals surface area contributed by atoms with E-state index in [9.17, 15) is 26.7 Å². The minimum atomic E-state index is -5.20. The van der Waals surface area contributed by atoms with Gasteiger partial charge in [0, 0.05) is 33.9 Å². The fourth-order valence-corrected chi connectivity index (χ4v) is 3.38. The van der Waals surface area contributed by atoms with E-state index in [0.717, 1.165) is 24.3 Å². The van der Waals surface area contributed by atoms with Gasteiger partial charge < -0.3 is 9.84 Å². The maximum atomic E-state index is 14.4. The predicted molar refractivity (Wildman–Crippen MR) is 85.9 cm³/mol. The second-order valence-corrected chi connectivity index (χ2v) is 6.95. The van der Waals surface area contributed by atoms with Crippen LogP contribution in [-0.4, -0.2) is 25.6 Å². The van der Waals surface area contributed by atoms with Crippen molar-refractivity contribution < 1.29 is 36.9 Å². The first-order valence-electron chi connectivity index (χ1n) is 8.99. The van der Waals surface area contributed by atoms with E-state index in [4.69, 9.17) is 16.8 Å². The van der Waals surface area contributed by atoms with Gasteiger partial charge in [-0.25, -0.2) is 26.4 Å². The first-order chi connectivity index (χ1) is 13.6. The van der Waals surface area contributed by atoms with Crippen LogP contribution in [-0.2, 0) is 16.3 Å². The molecule has 0 aromatic heterocycles. The van der Waals surface area contributed by atoms with Crippen LogP contribution in [0, 0.1) is 12.4 Å². The fourth-order valence-electron chi connectivity index (χ4n) is 2.65. The summed E-state index contributed by atoms with van der Waals surface area (Å²) >= 11 is 0. The number of hydrogen-bond acceptors (Lipinski definition) is 4. The molecule has 9 heteroatoms. The Kier molecular flexibility index (Phi) is 3.14. The molecule has 0 saturated heterocycles. The molecule has 5 nitrogen and oxygen atoms in total. The number of hydrogen-bond donors (Lipinski definition) is 1. The van der Waals surface area contributed by atoms with Crippen molar-refractivity contribution in [3.8, 4) is 11.5 Å². The van der Waals surface area contributed by atoms with Crippen molar-refractivity contribution in [2.75, 3.05) is 6.18 Å². The van der Waals surface area contributed by atoms with Crippen LogP contribution in [0.5, 0.6) is 11.5 Å². The minimum Gasteiger partial charge on any atom is -0.458 e. The van der Waals surface area contributed by atoms with E-state index in [1.807, 2.05) is 0 Å². The van der Waals surface area contributed by atoms with Gasteiger partial charge >= 0.3 is 0 Å². The van der Waals surface area contributed by atoms with Gasteiger partial charge in [0.15, 0.2) is 15.5 Å². The number of aliphatic hydroxyl groups is 1. The van der Waals surface area contributed by atoms with Crippen molar-refractivity contribution in [1.82, 2.24) is 0 Å². The van der Waals surface area contributed by atoms with Gasteiger partial charge in [0.25, 0.3) is 5.92 Å². The molecule has 0 heterocycles. The van der Waals surface area contributed by atoms with Crippen LogP contribution in [0.2, 0.25) is 0 Å². The third kappa shape index (κ3) is 3.13. The summed E-state index contributed by atoms with van der Waals surface area (Å²) in [5.74, 6) is -5.76. The quantitative estimate of drug-likeness (QED) is 0.814. The molecule has 0 saturated carbocycles. The number of alkyl halides is 2. The molecule has 0 amide bonds. The molecule has 1 aliphatic rings. The van der Waals surface area contributed by atoms with Crippen molar-refractivity contribution in [1.29, 1.82) is 0 Å². The Morgan fingerprint density at radius 1 is 1.42 bits per heavy atom. The van der Waals surface area contributed by atoms with Gasteiger partial charge in [0.05, 0.1) is 12.8 Å². The van der Waals surface area contributed by atoms with Gasteiger partial charge in [0.1, 0.15) is 23.4 Å². The third-order valence-electron chi connectivity index (χ3n) is 3.72. The van der Waals surface area contributed by atoms with Crippen molar-refractivity contribution in [3.05, 3.63) is 58.7 Å². The molecular formula is C17H12F3NO4S. The summed E-state index contributed by atoms with van der Waals surface area (Å²) in [6, 6.07) is 4.33. The van der Waals surface area contributed by atoms with E-state index in [1.54, 1.807) is 0 Å². The lowest BCUT2D eigenvalue weighted by Gasteiger charge is -2.15. The molecule has 136 valence electrons. The molecule has 0 spiro atoms. The SMILES string of the molecule is [2H]C([2H])([2H])S(=O)(=O)c1ccc(Oc2cc(F)cc([N+]#[C-])c2)c2c1[C@]([2H])(O)C(F)(F)C2. The van der Waals surface area contributed by atoms with E-state index >= 15 is 0 Å². The highest BCUT2D eigenvalue weighted by molar-refractivity contribution is 7.90. The molecule has 1 atom stereocenters. The zero-order valence-electron chi connectivity index (χ0n) is 16.8. The summed E-state index contributed by atoms with van der Waals surface area (Å²) in [5.41, 5.74) is -1.90. The highest BCUT2D eigenvalue weighted by Gasteiger charge is 2.50. The van der Waals surface area contributed by atoms with Crippen molar-refractivity contribution in [2.24, 2.45) is 0 Å². The Morgan fingerprint density at radius 2 is 2.15 bits per heavy atom. The molecule has 26 heavy (non-hydrogen) atoms. The first kappa shape index (κ1) is 13.6. The maximum absolute atomic E-state index is 14.4. The largest absolute Gasteiger partial charge is 0.458 e. The van der Waals surface area contributed by atoms with E-state index < -0.39 is 62.0 Å². The topological polar surface area (TPSA) is 68.0 Å². The average molecular weight is 387 g/mol. The molecule has 0 radical (unpaired) electrons. The molecule has 1 aliphatic carbocycles. The van der Waals surface area contributed by atoms with Crippen molar-refractivity contribution >= 4 is 15.5 Å². The minimum absolute atomic E-state index is 0.162. The van der Waals surface area contributed by atoms with E-state index in [2.05, 4.69) is 4.85 Å². The molecule has 0 bridgehead atoms. The third-order valence-corrected chi connectivity index (χ3v) is 4.64. The number of benzene rings is 2. The van der Waals surface area contributed by atoms with Crippen LogP contribution in [0.25, 0.3) is 4.85 Å².